The predicted molar refractivity (Wildman–Crippen MR) is 155 cm³/mol. The summed E-state index contributed by atoms with van der Waals surface area (Å²) in [5.41, 5.74) is 5.48. The molecule has 2 amide bonds. The van der Waals surface area contributed by atoms with Gasteiger partial charge in [0.25, 0.3) is 0 Å². The number of hydrogen-bond donors (Lipinski definition) is 1. The molecule has 1 aliphatic rings. The van der Waals surface area contributed by atoms with Gasteiger partial charge in [0.1, 0.15) is 11.6 Å². The highest BCUT2D eigenvalue weighted by Gasteiger charge is 2.36. The lowest BCUT2D eigenvalue weighted by Gasteiger charge is -2.31. The molecule has 1 atom stereocenters. The molecule has 1 aliphatic heterocycles. The quantitative estimate of drug-likeness (QED) is 0.250. The third-order valence-corrected chi connectivity index (χ3v) is 7.87. The highest BCUT2D eigenvalue weighted by atomic mass is 32.2. The number of nitrogens with one attached hydrogen (secondary N) is 1. The molecule has 0 saturated carbocycles. The van der Waals surface area contributed by atoms with Crippen LogP contribution < -0.4 is 10.1 Å². The van der Waals surface area contributed by atoms with Crippen LogP contribution in [0.15, 0.2) is 102 Å². The van der Waals surface area contributed by atoms with Crippen LogP contribution in [0.5, 0.6) is 5.75 Å². The first-order valence-corrected chi connectivity index (χ1v) is 14.0. The van der Waals surface area contributed by atoms with E-state index in [4.69, 9.17) is 9.84 Å². The number of amides is 2. The van der Waals surface area contributed by atoms with Crippen LogP contribution in [0.2, 0.25) is 0 Å². The van der Waals surface area contributed by atoms with E-state index in [1.807, 2.05) is 77.2 Å². The summed E-state index contributed by atoms with van der Waals surface area (Å²) in [6, 6.07) is 29.6. The fourth-order valence-electron chi connectivity index (χ4n) is 5.22. The van der Waals surface area contributed by atoms with Gasteiger partial charge in [0.15, 0.2) is 0 Å². The Balaban J connectivity index is 1.53. The number of nitrogens with zero attached hydrogens (tertiary/aromatic N) is 4. The number of thioether (sulfide) groups is 1. The second-order valence-electron chi connectivity index (χ2n) is 9.37. The molecule has 0 unspecified atom stereocenters. The lowest BCUT2D eigenvalue weighted by Crippen LogP contribution is -2.38. The number of rotatable bonds is 5. The highest BCUT2D eigenvalue weighted by Crippen LogP contribution is 2.39. The molecule has 2 aromatic heterocycles. The van der Waals surface area contributed by atoms with Crippen molar-refractivity contribution in [1.82, 2.24) is 19.2 Å². The number of aromatic nitrogens is 3. The molecule has 196 valence electrons. The van der Waals surface area contributed by atoms with Gasteiger partial charge in [0.2, 0.25) is 0 Å². The molecule has 1 N–H and O–H groups in total. The maximum atomic E-state index is 14.1. The summed E-state index contributed by atoms with van der Waals surface area (Å²) in [5.74, 6) is 1.55. The number of carbonyl (C=O) groups excluding carboxylic acids is 1. The van der Waals surface area contributed by atoms with Crippen molar-refractivity contribution in [1.29, 1.82) is 0 Å². The van der Waals surface area contributed by atoms with Crippen LogP contribution in [0.1, 0.15) is 28.6 Å². The van der Waals surface area contributed by atoms with E-state index in [9.17, 15) is 4.79 Å². The molecule has 0 radical (unpaired) electrons. The number of anilines is 1. The Bertz CT molecular complexity index is 1620. The maximum absolute atomic E-state index is 14.1. The van der Waals surface area contributed by atoms with Gasteiger partial charge in [-0.15, -0.1) is 11.8 Å². The molecule has 0 aliphatic carbocycles. The molecule has 39 heavy (non-hydrogen) atoms. The highest BCUT2D eigenvalue weighted by molar-refractivity contribution is 7.98. The van der Waals surface area contributed by atoms with Crippen LogP contribution in [0.25, 0.3) is 11.5 Å². The largest absolute Gasteiger partial charge is 0.495 e. The Kier molecular flexibility index (Phi) is 6.62. The number of carbonyl (C=O) groups is 1. The average molecular weight is 536 g/mol. The number of ether oxygens (including phenoxy) is 1. The van der Waals surface area contributed by atoms with E-state index in [0.29, 0.717) is 18.0 Å². The van der Waals surface area contributed by atoms with Gasteiger partial charge in [-0.2, -0.15) is 5.10 Å². The fourth-order valence-corrected chi connectivity index (χ4v) is 5.63. The number of methoxy groups -OCH3 is 1. The smallest absolute Gasteiger partial charge is 0.323 e. The molecular weight excluding hydrogens is 506 g/mol. The SMILES string of the molecule is COc1ccccc1NC(=O)N1Cc2c(C)nn(-c3ccccc3)c2-n2cccc2[C@H]1c1ccc(SC)cc1. The normalized spacial score (nSPS) is 14.3. The van der Waals surface area contributed by atoms with Crippen molar-refractivity contribution in [2.24, 2.45) is 0 Å². The van der Waals surface area contributed by atoms with Crippen LogP contribution in [0.4, 0.5) is 10.5 Å². The van der Waals surface area contributed by atoms with E-state index in [2.05, 4.69) is 52.7 Å². The van der Waals surface area contributed by atoms with Crippen molar-refractivity contribution < 1.29 is 9.53 Å². The Hall–Kier alpha value is -4.43. The van der Waals surface area contributed by atoms with E-state index in [0.717, 1.165) is 34.0 Å². The van der Waals surface area contributed by atoms with Gasteiger partial charge in [0.05, 0.1) is 42.5 Å². The van der Waals surface area contributed by atoms with Crippen molar-refractivity contribution in [2.45, 2.75) is 24.4 Å². The summed E-state index contributed by atoms with van der Waals surface area (Å²) in [6.45, 7) is 2.39. The van der Waals surface area contributed by atoms with E-state index in [-0.39, 0.29) is 12.1 Å². The molecule has 6 rings (SSSR count). The first-order chi connectivity index (χ1) is 19.1. The van der Waals surface area contributed by atoms with Crippen molar-refractivity contribution in [3.63, 3.8) is 0 Å². The van der Waals surface area contributed by atoms with E-state index in [1.165, 1.54) is 4.90 Å². The summed E-state index contributed by atoms with van der Waals surface area (Å²) in [7, 11) is 1.60. The van der Waals surface area contributed by atoms with Crippen molar-refractivity contribution in [3.05, 3.63) is 120 Å². The van der Waals surface area contributed by atoms with E-state index < -0.39 is 0 Å². The predicted octanol–water partition coefficient (Wildman–Crippen LogP) is 6.84. The number of aryl methyl sites for hydroxylation is 1. The van der Waals surface area contributed by atoms with Gasteiger partial charge in [-0.1, -0.05) is 42.5 Å². The molecule has 0 spiro atoms. The zero-order valence-corrected chi connectivity index (χ0v) is 22.9. The Morgan fingerprint density at radius 3 is 2.46 bits per heavy atom. The third kappa shape index (κ3) is 4.46. The van der Waals surface area contributed by atoms with Gasteiger partial charge in [-0.3, -0.25) is 0 Å². The molecule has 0 bridgehead atoms. The first kappa shape index (κ1) is 24.9. The molecule has 8 heteroatoms. The van der Waals surface area contributed by atoms with Crippen molar-refractivity contribution >= 4 is 23.5 Å². The van der Waals surface area contributed by atoms with E-state index in [1.54, 1.807) is 18.9 Å². The van der Waals surface area contributed by atoms with Gasteiger partial charge < -0.3 is 19.5 Å². The zero-order valence-electron chi connectivity index (χ0n) is 22.0. The standard InChI is InChI=1S/C31H29N5O2S/c1-21-25-20-35(31(37)32-26-12-7-8-14-28(26)38-2)29(22-15-17-24(39-3)18-16-22)27-13-9-19-34(27)30(25)36(33-21)23-10-5-4-6-11-23/h4-19,29H,20H2,1-3H3,(H,32,37)/t29-/m1/s1. The summed E-state index contributed by atoms with van der Waals surface area (Å²) >= 11 is 1.70. The molecule has 5 aromatic rings. The van der Waals surface area contributed by atoms with Crippen LogP contribution in [0, 0.1) is 6.92 Å². The van der Waals surface area contributed by atoms with E-state index >= 15 is 0 Å². The third-order valence-electron chi connectivity index (χ3n) is 7.13. The Labute approximate surface area is 232 Å². The lowest BCUT2D eigenvalue weighted by atomic mass is 10.0. The average Bonchev–Trinajstić information content (AvgIpc) is 3.54. The number of hydrogen-bond acceptors (Lipinski definition) is 4. The first-order valence-electron chi connectivity index (χ1n) is 12.7. The number of fused-ring (bicyclic) bond motifs is 3. The minimum atomic E-state index is -0.332. The minimum Gasteiger partial charge on any atom is -0.495 e. The molecule has 7 nitrogen and oxygen atoms in total. The van der Waals surface area contributed by atoms with Crippen LogP contribution in [-0.2, 0) is 6.54 Å². The number of urea groups is 1. The zero-order chi connectivity index (χ0) is 26.9. The molecule has 0 saturated heterocycles. The summed E-state index contributed by atoms with van der Waals surface area (Å²) in [4.78, 5) is 17.2. The van der Waals surface area contributed by atoms with Gasteiger partial charge in [-0.25, -0.2) is 9.48 Å². The Morgan fingerprint density at radius 2 is 1.72 bits per heavy atom. The fraction of sp³-hybridized carbons (Fsp3) is 0.161. The summed E-state index contributed by atoms with van der Waals surface area (Å²) in [5, 5.41) is 8.04. The van der Waals surface area contributed by atoms with Gasteiger partial charge in [0, 0.05) is 16.7 Å². The second-order valence-corrected chi connectivity index (χ2v) is 10.3. The molecule has 0 fully saturated rings. The maximum Gasteiger partial charge on any atom is 0.323 e. The minimum absolute atomic E-state index is 0.217. The number of para-hydroxylation sites is 3. The topological polar surface area (TPSA) is 64.3 Å². The molecule has 3 aromatic carbocycles. The summed E-state index contributed by atoms with van der Waals surface area (Å²) < 4.78 is 9.66. The number of benzene rings is 3. The van der Waals surface area contributed by atoms with Crippen LogP contribution in [0.3, 0.4) is 0 Å². The second kappa shape index (κ2) is 10.4. The van der Waals surface area contributed by atoms with Crippen molar-refractivity contribution in [2.75, 3.05) is 18.7 Å². The Morgan fingerprint density at radius 1 is 0.974 bits per heavy atom. The van der Waals surface area contributed by atoms with Crippen LogP contribution >= 0.6 is 11.8 Å². The lowest BCUT2D eigenvalue weighted by molar-refractivity contribution is 0.194. The molecular formula is C31H29N5O2S. The van der Waals surface area contributed by atoms with Crippen molar-refractivity contribution in [3.8, 4) is 17.3 Å². The van der Waals surface area contributed by atoms with Crippen LogP contribution in [-0.4, -0.2) is 38.6 Å². The molecule has 3 heterocycles. The van der Waals surface area contributed by atoms with Gasteiger partial charge in [-0.05, 0) is 67.3 Å². The summed E-state index contributed by atoms with van der Waals surface area (Å²) in [6.07, 6.45) is 4.12. The monoisotopic (exact) mass is 535 g/mol. The van der Waals surface area contributed by atoms with Gasteiger partial charge >= 0.3 is 6.03 Å².